The Balaban J connectivity index is 2.08. The molecular weight excluding hydrogens is 246 g/mol. The lowest BCUT2D eigenvalue weighted by atomic mass is 9.95. The average molecular weight is 268 g/mol. The topological polar surface area (TPSA) is 15.3 Å². The summed E-state index contributed by atoms with van der Waals surface area (Å²) in [5.41, 5.74) is 0.842. The minimum Gasteiger partial charge on any atom is -0.314 e. The molecule has 1 aromatic rings. The van der Waals surface area contributed by atoms with E-state index in [0.717, 1.165) is 31.6 Å². The van der Waals surface area contributed by atoms with Crippen molar-refractivity contribution >= 4 is 0 Å². The molecule has 2 nitrogen and oxygen atoms in total. The molecule has 2 atom stereocenters. The van der Waals surface area contributed by atoms with Crippen LogP contribution in [-0.4, -0.2) is 30.6 Å². The van der Waals surface area contributed by atoms with Crippen LogP contribution in [-0.2, 0) is 6.54 Å². The summed E-state index contributed by atoms with van der Waals surface area (Å²) in [7, 11) is 0. The molecule has 0 aliphatic carbocycles. The Morgan fingerprint density at radius 3 is 2.84 bits per heavy atom. The second-order valence-corrected chi connectivity index (χ2v) is 5.38. The van der Waals surface area contributed by atoms with Crippen LogP contribution in [0.3, 0.4) is 0 Å². The average Bonchev–Trinajstić information content (AvgIpc) is 2.43. The van der Waals surface area contributed by atoms with Gasteiger partial charge in [-0.05, 0) is 23.6 Å². The number of hydrogen-bond acceptors (Lipinski definition) is 2. The van der Waals surface area contributed by atoms with Crippen molar-refractivity contribution in [2.75, 3.05) is 19.6 Å². The van der Waals surface area contributed by atoms with Gasteiger partial charge in [0.1, 0.15) is 0 Å². The van der Waals surface area contributed by atoms with Crippen molar-refractivity contribution in [1.82, 2.24) is 10.2 Å². The molecule has 1 saturated heterocycles. The predicted molar refractivity (Wildman–Crippen MR) is 72.9 cm³/mol. The van der Waals surface area contributed by atoms with E-state index in [2.05, 4.69) is 24.1 Å². The number of nitrogens with one attached hydrogen (secondary N) is 1. The Morgan fingerprint density at radius 1 is 1.37 bits per heavy atom. The van der Waals surface area contributed by atoms with Crippen molar-refractivity contribution in [3.8, 4) is 0 Å². The molecule has 0 spiro atoms. The highest BCUT2D eigenvalue weighted by atomic mass is 19.2. The highest BCUT2D eigenvalue weighted by Gasteiger charge is 2.26. The first-order valence-electron chi connectivity index (χ1n) is 7.00. The number of piperazine rings is 1. The van der Waals surface area contributed by atoms with E-state index in [4.69, 9.17) is 0 Å². The van der Waals surface area contributed by atoms with Gasteiger partial charge in [0.05, 0.1) is 0 Å². The van der Waals surface area contributed by atoms with E-state index in [0.29, 0.717) is 18.5 Å². The fourth-order valence-corrected chi connectivity index (χ4v) is 2.67. The Bertz CT molecular complexity index is 423. The quantitative estimate of drug-likeness (QED) is 0.903. The van der Waals surface area contributed by atoms with E-state index < -0.39 is 11.6 Å². The molecule has 0 bridgehead atoms. The van der Waals surface area contributed by atoms with Crippen molar-refractivity contribution in [1.29, 1.82) is 0 Å². The minimum atomic E-state index is -0.775. The molecule has 1 fully saturated rings. The molecule has 0 radical (unpaired) electrons. The zero-order valence-electron chi connectivity index (χ0n) is 11.6. The van der Waals surface area contributed by atoms with Crippen LogP contribution in [0.4, 0.5) is 8.78 Å². The van der Waals surface area contributed by atoms with Crippen LogP contribution >= 0.6 is 0 Å². The van der Waals surface area contributed by atoms with E-state index in [-0.39, 0.29) is 0 Å². The third-order valence-corrected chi connectivity index (χ3v) is 4.07. The normalized spacial score (nSPS) is 22.4. The van der Waals surface area contributed by atoms with Gasteiger partial charge in [0.25, 0.3) is 0 Å². The lowest BCUT2D eigenvalue weighted by Crippen LogP contribution is -2.53. The predicted octanol–water partition coefficient (Wildman–Crippen LogP) is 2.78. The van der Waals surface area contributed by atoms with Gasteiger partial charge in [0.2, 0.25) is 0 Å². The highest BCUT2D eigenvalue weighted by molar-refractivity contribution is 5.18. The number of hydrogen-bond donors (Lipinski definition) is 1. The molecule has 0 saturated carbocycles. The van der Waals surface area contributed by atoms with Gasteiger partial charge >= 0.3 is 0 Å². The fraction of sp³-hybridized carbons (Fsp3) is 0.600. The maximum atomic E-state index is 13.2. The molecule has 4 heteroatoms. The van der Waals surface area contributed by atoms with Gasteiger partial charge in [0.15, 0.2) is 11.6 Å². The summed E-state index contributed by atoms with van der Waals surface area (Å²) >= 11 is 0. The Morgan fingerprint density at radius 2 is 2.16 bits per heavy atom. The molecule has 1 heterocycles. The largest absolute Gasteiger partial charge is 0.314 e. The molecule has 2 rings (SSSR count). The van der Waals surface area contributed by atoms with Crippen molar-refractivity contribution < 1.29 is 8.78 Å². The summed E-state index contributed by atoms with van der Waals surface area (Å²) in [6, 6.07) is 4.66. The molecule has 19 heavy (non-hydrogen) atoms. The maximum Gasteiger partial charge on any atom is 0.159 e. The summed E-state index contributed by atoms with van der Waals surface area (Å²) in [6.45, 7) is 8.00. The second kappa shape index (κ2) is 6.44. The smallest absolute Gasteiger partial charge is 0.159 e. The Hall–Kier alpha value is -1.00. The highest BCUT2D eigenvalue weighted by Crippen LogP contribution is 2.19. The summed E-state index contributed by atoms with van der Waals surface area (Å²) < 4.78 is 26.2. The van der Waals surface area contributed by atoms with Crippen molar-refractivity contribution in [3.63, 3.8) is 0 Å². The first kappa shape index (κ1) is 14.4. The van der Waals surface area contributed by atoms with Crippen LogP contribution in [0, 0.1) is 17.6 Å². The third kappa shape index (κ3) is 3.51. The van der Waals surface area contributed by atoms with Gasteiger partial charge in [-0.15, -0.1) is 0 Å². The number of rotatable bonds is 4. The number of nitrogens with zero attached hydrogens (tertiary/aromatic N) is 1. The van der Waals surface area contributed by atoms with Crippen LogP contribution in [0.2, 0.25) is 0 Å². The van der Waals surface area contributed by atoms with Gasteiger partial charge in [-0.1, -0.05) is 26.3 Å². The summed E-state index contributed by atoms with van der Waals surface area (Å²) in [4.78, 5) is 2.37. The van der Waals surface area contributed by atoms with Crippen LogP contribution in [0.1, 0.15) is 25.8 Å². The molecular formula is C15H22F2N2. The second-order valence-electron chi connectivity index (χ2n) is 5.38. The van der Waals surface area contributed by atoms with Gasteiger partial charge in [0, 0.05) is 32.2 Å². The maximum absolute atomic E-state index is 13.2. The lowest BCUT2D eigenvalue weighted by molar-refractivity contribution is 0.109. The Kier molecular flexibility index (Phi) is 4.88. The van der Waals surface area contributed by atoms with Crippen LogP contribution < -0.4 is 5.32 Å². The van der Waals surface area contributed by atoms with E-state index in [9.17, 15) is 8.78 Å². The molecule has 0 amide bonds. The van der Waals surface area contributed by atoms with E-state index in [1.54, 1.807) is 6.07 Å². The summed E-state index contributed by atoms with van der Waals surface area (Å²) in [5, 5.41) is 3.41. The number of benzene rings is 1. The molecule has 1 aromatic carbocycles. The van der Waals surface area contributed by atoms with Crippen molar-refractivity contribution in [2.45, 2.75) is 32.9 Å². The van der Waals surface area contributed by atoms with E-state index in [1.807, 2.05) is 0 Å². The van der Waals surface area contributed by atoms with Gasteiger partial charge in [-0.3, -0.25) is 4.90 Å². The van der Waals surface area contributed by atoms with Gasteiger partial charge < -0.3 is 5.32 Å². The molecule has 0 aromatic heterocycles. The van der Waals surface area contributed by atoms with Crippen LogP contribution in [0.15, 0.2) is 18.2 Å². The first-order chi connectivity index (χ1) is 9.11. The molecule has 1 aliphatic heterocycles. The van der Waals surface area contributed by atoms with E-state index in [1.165, 1.54) is 12.1 Å². The molecule has 1 N–H and O–H groups in total. The van der Waals surface area contributed by atoms with Gasteiger partial charge in [-0.25, -0.2) is 8.78 Å². The van der Waals surface area contributed by atoms with Crippen LogP contribution in [0.5, 0.6) is 0 Å². The summed E-state index contributed by atoms with van der Waals surface area (Å²) in [6.07, 6.45) is 1.13. The van der Waals surface area contributed by atoms with E-state index >= 15 is 0 Å². The molecule has 106 valence electrons. The first-order valence-corrected chi connectivity index (χ1v) is 7.00. The summed E-state index contributed by atoms with van der Waals surface area (Å²) in [5.74, 6) is -0.937. The third-order valence-electron chi connectivity index (χ3n) is 4.07. The SMILES string of the molecule is CCC(C)C1CNCCN1Cc1ccc(F)c(F)c1. The zero-order valence-corrected chi connectivity index (χ0v) is 11.6. The standard InChI is InChI=1S/C15H22F2N2/c1-3-11(2)15-9-18-6-7-19(15)10-12-4-5-13(16)14(17)8-12/h4-5,8,11,15,18H,3,6-7,9-10H2,1-2H3. The minimum absolute atomic E-state index is 0.465. The number of halogens is 2. The van der Waals surface area contributed by atoms with Crippen LogP contribution in [0.25, 0.3) is 0 Å². The molecule has 1 aliphatic rings. The van der Waals surface area contributed by atoms with Gasteiger partial charge in [-0.2, -0.15) is 0 Å². The van der Waals surface area contributed by atoms with Crippen molar-refractivity contribution in [2.24, 2.45) is 5.92 Å². The monoisotopic (exact) mass is 268 g/mol. The lowest BCUT2D eigenvalue weighted by Gasteiger charge is -2.39. The zero-order chi connectivity index (χ0) is 13.8. The fourth-order valence-electron chi connectivity index (χ4n) is 2.67. The Labute approximate surface area is 113 Å². The van der Waals surface area contributed by atoms with Crippen molar-refractivity contribution in [3.05, 3.63) is 35.4 Å². The molecule has 2 unspecified atom stereocenters.